The molecule has 4 rings (SSSR count). The average Bonchev–Trinajstić information content (AvgIpc) is 3.33. The van der Waals surface area contributed by atoms with Gasteiger partial charge < -0.3 is 9.80 Å². The monoisotopic (exact) mass is 460 g/mol. The highest BCUT2D eigenvalue weighted by molar-refractivity contribution is 7.93. The molecule has 7 nitrogen and oxygen atoms in total. The number of benzene rings is 2. The van der Waals surface area contributed by atoms with Crippen molar-refractivity contribution >= 4 is 38.1 Å². The summed E-state index contributed by atoms with van der Waals surface area (Å²) in [5.74, 6) is -0.617. The molecule has 1 fully saturated rings. The van der Waals surface area contributed by atoms with Gasteiger partial charge in [0.1, 0.15) is 12.4 Å². The van der Waals surface area contributed by atoms with Crippen LogP contribution in [0, 0.1) is 5.82 Å². The molecule has 1 aliphatic heterocycles. The summed E-state index contributed by atoms with van der Waals surface area (Å²) < 4.78 is 41.5. The zero-order valence-corrected chi connectivity index (χ0v) is 18.2. The lowest BCUT2D eigenvalue weighted by Crippen LogP contribution is -2.52. The normalized spacial score (nSPS) is 14.5. The minimum absolute atomic E-state index is 0.0994. The van der Waals surface area contributed by atoms with E-state index in [2.05, 4.69) is 4.98 Å². The number of thiazole rings is 1. The van der Waals surface area contributed by atoms with Gasteiger partial charge in [-0.25, -0.2) is 22.1 Å². The fourth-order valence-corrected chi connectivity index (χ4v) is 5.70. The molecule has 0 unspecified atom stereocenters. The Bertz CT molecular complexity index is 1130. The van der Waals surface area contributed by atoms with Crippen molar-refractivity contribution in [3.63, 3.8) is 0 Å². The van der Waals surface area contributed by atoms with Gasteiger partial charge in [0.2, 0.25) is 5.91 Å². The van der Waals surface area contributed by atoms with Crippen LogP contribution < -0.4 is 9.21 Å². The van der Waals surface area contributed by atoms with Crippen molar-refractivity contribution < 1.29 is 17.6 Å². The Morgan fingerprint density at radius 1 is 1.03 bits per heavy atom. The van der Waals surface area contributed by atoms with E-state index in [1.165, 1.54) is 24.4 Å². The number of rotatable bonds is 6. The van der Waals surface area contributed by atoms with Crippen molar-refractivity contribution in [2.45, 2.75) is 4.90 Å². The SMILES string of the molecule is O=C(CN(c1nccs1)S(=O)(=O)c1ccccc1)N1CCN(c2ccccc2F)CC1. The number of halogens is 1. The molecule has 162 valence electrons. The van der Waals surface area contributed by atoms with Gasteiger partial charge in [-0.3, -0.25) is 4.79 Å². The third kappa shape index (κ3) is 4.54. The minimum Gasteiger partial charge on any atom is -0.366 e. The second-order valence-electron chi connectivity index (χ2n) is 6.96. The summed E-state index contributed by atoms with van der Waals surface area (Å²) in [7, 11) is -3.94. The summed E-state index contributed by atoms with van der Waals surface area (Å²) in [6.45, 7) is 1.35. The van der Waals surface area contributed by atoms with Crippen LogP contribution in [0.5, 0.6) is 0 Å². The predicted octanol–water partition coefficient (Wildman–Crippen LogP) is 2.83. The van der Waals surface area contributed by atoms with E-state index in [9.17, 15) is 17.6 Å². The summed E-state index contributed by atoms with van der Waals surface area (Å²) in [5.41, 5.74) is 0.505. The van der Waals surface area contributed by atoms with Crippen LogP contribution in [0.1, 0.15) is 0 Å². The fraction of sp³-hybridized carbons (Fsp3) is 0.238. The largest absolute Gasteiger partial charge is 0.366 e. The molecule has 3 aromatic rings. The predicted molar refractivity (Wildman–Crippen MR) is 118 cm³/mol. The average molecular weight is 461 g/mol. The molecule has 0 aliphatic carbocycles. The quantitative estimate of drug-likeness (QED) is 0.566. The highest BCUT2D eigenvalue weighted by Gasteiger charge is 2.31. The van der Waals surface area contributed by atoms with Gasteiger partial charge in [-0.05, 0) is 24.3 Å². The Morgan fingerprint density at radius 3 is 2.35 bits per heavy atom. The van der Waals surface area contributed by atoms with Crippen LogP contribution in [0.4, 0.5) is 15.2 Å². The van der Waals surface area contributed by atoms with Crippen LogP contribution in [-0.4, -0.2) is 56.9 Å². The molecule has 0 N–H and O–H groups in total. The molecule has 0 saturated carbocycles. The minimum atomic E-state index is -3.94. The summed E-state index contributed by atoms with van der Waals surface area (Å²) >= 11 is 1.16. The molecular formula is C21H21FN4O3S2. The van der Waals surface area contributed by atoms with E-state index in [-0.39, 0.29) is 28.3 Å². The molecule has 2 aromatic carbocycles. The van der Waals surface area contributed by atoms with Gasteiger partial charge in [-0.15, -0.1) is 11.3 Å². The number of amides is 1. The first-order chi connectivity index (χ1) is 15.0. The van der Waals surface area contributed by atoms with Crippen molar-refractivity contribution in [2.75, 3.05) is 41.9 Å². The van der Waals surface area contributed by atoms with Crippen molar-refractivity contribution in [3.8, 4) is 0 Å². The second-order valence-corrected chi connectivity index (χ2v) is 9.69. The molecule has 1 amide bonds. The van der Waals surface area contributed by atoms with E-state index in [0.29, 0.717) is 31.9 Å². The number of carbonyl (C=O) groups excluding carboxylic acids is 1. The van der Waals surface area contributed by atoms with Gasteiger partial charge in [-0.2, -0.15) is 0 Å². The zero-order chi connectivity index (χ0) is 21.8. The zero-order valence-electron chi connectivity index (χ0n) is 16.6. The van der Waals surface area contributed by atoms with Gasteiger partial charge in [-0.1, -0.05) is 30.3 Å². The van der Waals surface area contributed by atoms with E-state index in [1.807, 2.05) is 4.90 Å². The smallest absolute Gasteiger partial charge is 0.266 e. The Balaban J connectivity index is 1.49. The second kappa shape index (κ2) is 9.03. The van der Waals surface area contributed by atoms with Crippen molar-refractivity contribution in [1.82, 2.24) is 9.88 Å². The first-order valence-electron chi connectivity index (χ1n) is 9.71. The maximum Gasteiger partial charge on any atom is 0.266 e. The first-order valence-corrected chi connectivity index (χ1v) is 12.0. The van der Waals surface area contributed by atoms with Gasteiger partial charge in [0.25, 0.3) is 10.0 Å². The van der Waals surface area contributed by atoms with Crippen LogP contribution in [0.3, 0.4) is 0 Å². The van der Waals surface area contributed by atoms with Crippen LogP contribution in [0.25, 0.3) is 0 Å². The van der Waals surface area contributed by atoms with Crippen molar-refractivity contribution in [1.29, 1.82) is 0 Å². The number of para-hydroxylation sites is 1. The van der Waals surface area contributed by atoms with E-state index >= 15 is 0 Å². The lowest BCUT2D eigenvalue weighted by atomic mass is 10.2. The molecular weight excluding hydrogens is 439 g/mol. The standard InChI is InChI=1S/C21H21FN4O3S2/c22-18-8-4-5-9-19(18)24-11-13-25(14-12-24)20(27)16-26(21-23-10-15-30-21)31(28,29)17-6-2-1-3-7-17/h1-10,15H,11-14,16H2. The molecule has 1 aliphatic rings. The Labute approximate surface area is 184 Å². The molecule has 31 heavy (non-hydrogen) atoms. The van der Waals surface area contributed by atoms with E-state index < -0.39 is 10.0 Å². The summed E-state index contributed by atoms with van der Waals surface area (Å²) in [4.78, 5) is 20.7. The lowest BCUT2D eigenvalue weighted by Gasteiger charge is -2.37. The summed E-state index contributed by atoms with van der Waals surface area (Å²) in [6.07, 6.45) is 1.51. The fourth-order valence-electron chi connectivity index (χ4n) is 3.44. The Morgan fingerprint density at radius 2 is 1.71 bits per heavy atom. The van der Waals surface area contributed by atoms with E-state index in [4.69, 9.17) is 0 Å². The van der Waals surface area contributed by atoms with E-state index in [1.54, 1.807) is 46.7 Å². The number of piperazine rings is 1. The van der Waals surface area contributed by atoms with Crippen LogP contribution in [0.15, 0.2) is 71.1 Å². The summed E-state index contributed by atoms with van der Waals surface area (Å²) in [6, 6.07) is 14.5. The number of carbonyl (C=O) groups is 1. The first kappa shape index (κ1) is 21.3. The van der Waals surface area contributed by atoms with Crippen LogP contribution in [0.2, 0.25) is 0 Å². The molecule has 0 bridgehead atoms. The number of aromatic nitrogens is 1. The van der Waals surface area contributed by atoms with Crippen molar-refractivity contribution in [3.05, 3.63) is 72.0 Å². The van der Waals surface area contributed by atoms with Gasteiger partial charge in [0.05, 0.1) is 10.6 Å². The van der Waals surface area contributed by atoms with Gasteiger partial charge >= 0.3 is 0 Å². The van der Waals surface area contributed by atoms with Gasteiger partial charge in [0, 0.05) is 37.8 Å². The third-order valence-electron chi connectivity index (χ3n) is 5.07. The maximum absolute atomic E-state index is 14.1. The highest BCUT2D eigenvalue weighted by Crippen LogP contribution is 2.26. The molecule has 0 radical (unpaired) electrons. The Kier molecular flexibility index (Phi) is 6.19. The third-order valence-corrected chi connectivity index (χ3v) is 7.73. The van der Waals surface area contributed by atoms with Gasteiger partial charge in [0.15, 0.2) is 5.13 Å². The number of hydrogen-bond donors (Lipinski definition) is 0. The van der Waals surface area contributed by atoms with E-state index in [0.717, 1.165) is 15.6 Å². The molecule has 10 heteroatoms. The number of sulfonamides is 1. The number of nitrogens with zero attached hydrogens (tertiary/aromatic N) is 4. The Hall–Kier alpha value is -2.98. The molecule has 0 spiro atoms. The highest BCUT2D eigenvalue weighted by atomic mass is 32.2. The topological polar surface area (TPSA) is 73.8 Å². The summed E-state index contributed by atoms with van der Waals surface area (Å²) in [5, 5.41) is 1.91. The number of hydrogen-bond acceptors (Lipinski definition) is 6. The molecule has 1 saturated heterocycles. The molecule has 0 atom stereocenters. The molecule has 2 heterocycles. The lowest BCUT2D eigenvalue weighted by molar-refractivity contribution is -0.129. The van der Waals surface area contributed by atoms with Crippen LogP contribution >= 0.6 is 11.3 Å². The number of anilines is 2. The maximum atomic E-state index is 14.1. The van der Waals surface area contributed by atoms with Crippen LogP contribution in [-0.2, 0) is 14.8 Å². The van der Waals surface area contributed by atoms with Crippen molar-refractivity contribution in [2.24, 2.45) is 0 Å². The molecule has 1 aromatic heterocycles.